The van der Waals surface area contributed by atoms with E-state index in [0.717, 1.165) is 10.8 Å². The second-order valence-corrected chi connectivity index (χ2v) is 5.74. The molecule has 0 aliphatic carbocycles. The van der Waals surface area contributed by atoms with Crippen molar-refractivity contribution in [2.24, 2.45) is 0 Å². The summed E-state index contributed by atoms with van der Waals surface area (Å²) in [5, 5.41) is 13.9. The number of phenols is 1. The number of esters is 1. The lowest BCUT2D eigenvalue weighted by Gasteiger charge is -2.09. The Balaban J connectivity index is 1.58. The Morgan fingerprint density at radius 3 is 2.29 bits per heavy atom. The van der Waals surface area contributed by atoms with Gasteiger partial charge in [0.15, 0.2) is 6.61 Å². The van der Waals surface area contributed by atoms with E-state index in [0.29, 0.717) is 5.69 Å². The molecule has 0 heterocycles. The SMILES string of the molecule is O=C(COC(=O)c1cc2ccccc2cc1O)Nc1ccc(OC(F)F)cc1. The zero-order valence-corrected chi connectivity index (χ0v) is 14.4. The number of hydrogen-bond donors (Lipinski definition) is 2. The van der Waals surface area contributed by atoms with Crippen molar-refractivity contribution in [3.8, 4) is 11.5 Å². The molecule has 0 aliphatic heterocycles. The minimum absolute atomic E-state index is 0.0498. The number of phenolic OH excluding ortho intramolecular Hbond substituents is 1. The first kappa shape index (κ1) is 19.1. The molecule has 8 heteroatoms. The second kappa shape index (κ2) is 8.34. The smallest absolute Gasteiger partial charge is 0.387 e. The van der Waals surface area contributed by atoms with Crippen LogP contribution in [0.15, 0.2) is 60.7 Å². The van der Waals surface area contributed by atoms with E-state index >= 15 is 0 Å². The van der Waals surface area contributed by atoms with Gasteiger partial charge in [0.2, 0.25) is 0 Å². The summed E-state index contributed by atoms with van der Waals surface area (Å²) in [5.41, 5.74) is 0.260. The van der Waals surface area contributed by atoms with E-state index in [-0.39, 0.29) is 17.1 Å². The third-order valence-electron chi connectivity index (χ3n) is 3.78. The number of ether oxygens (including phenoxy) is 2. The molecule has 3 rings (SSSR count). The minimum Gasteiger partial charge on any atom is -0.507 e. The van der Waals surface area contributed by atoms with E-state index in [1.165, 1.54) is 36.4 Å². The van der Waals surface area contributed by atoms with Crippen molar-refractivity contribution in [1.82, 2.24) is 0 Å². The van der Waals surface area contributed by atoms with E-state index in [4.69, 9.17) is 4.74 Å². The van der Waals surface area contributed by atoms with Crippen LogP contribution in [-0.4, -0.2) is 30.2 Å². The number of aromatic hydroxyl groups is 1. The van der Waals surface area contributed by atoms with E-state index < -0.39 is 25.1 Å². The van der Waals surface area contributed by atoms with Crippen LogP contribution in [0, 0.1) is 0 Å². The van der Waals surface area contributed by atoms with Crippen molar-refractivity contribution in [3.63, 3.8) is 0 Å². The highest BCUT2D eigenvalue weighted by Crippen LogP contribution is 2.25. The van der Waals surface area contributed by atoms with Crippen LogP contribution in [-0.2, 0) is 9.53 Å². The summed E-state index contributed by atoms with van der Waals surface area (Å²) in [4.78, 5) is 24.1. The maximum atomic E-state index is 12.2. The van der Waals surface area contributed by atoms with Gasteiger partial charge < -0.3 is 19.9 Å². The van der Waals surface area contributed by atoms with E-state index in [9.17, 15) is 23.5 Å². The van der Waals surface area contributed by atoms with Crippen LogP contribution in [0.1, 0.15) is 10.4 Å². The van der Waals surface area contributed by atoms with E-state index in [1.807, 2.05) is 0 Å². The summed E-state index contributed by atoms with van der Waals surface area (Å²) < 4.78 is 33.3. The summed E-state index contributed by atoms with van der Waals surface area (Å²) in [6.07, 6.45) is 0. The van der Waals surface area contributed by atoms with Crippen molar-refractivity contribution < 1.29 is 33.0 Å². The van der Waals surface area contributed by atoms with Gasteiger partial charge in [0, 0.05) is 5.69 Å². The molecule has 144 valence electrons. The molecule has 3 aromatic carbocycles. The van der Waals surface area contributed by atoms with Crippen LogP contribution in [0.2, 0.25) is 0 Å². The lowest BCUT2D eigenvalue weighted by molar-refractivity contribution is -0.119. The minimum atomic E-state index is -2.94. The van der Waals surface area contributed by atoms with Crippen LogP contribution in [0.5, 0.6) is 11.5 Å². The molecule has 0 aromatic heterocycles. The van der Waals surface area contributed by atoms with Gasteiger partial charge in [-0.15, -0.1) is 0 Å². The van der Waals surface area contributed by atoms with E-state index in [1.54, 1.807) is 24.3 Å². The first-order valence-electron chi connectivity index (χ1n) is 8.16. The quantitative estimate of drug-likeness (QED) is 0.626. The molecule has 1 amide bonds. The molecule has 0 saturated carbocycles. The van der Waals surface area contributed by atoms with Gasteiger partial charge in [0.25, 0.3) is 5.91 Å². The summed E-state index contributed by atoms with van der Waals surface area (Å²) in [7, 11) is 0. The highest BCUT2D eigenvalue weighted by Gasteiger charge is 2.16. The molecule has 6 nitrogen and oxygen atoms in total. The lowest BCUT2D eigenvalue weighted by Crippen LogP contribution is -2.21. The number of anilines is 1. The Morgan fingerprint density at radius 1 is 1.00 bits per heavy atom. The van der Waals surface area contributed by atoms with Gasteiger partial charge in [-0.2, -0.15) is 8.78 Å². The van der Waals surface area contributed by atoms with Gasteiger partial charge in [-0.05, 0) is 47.2 Å². The number of benzene rings is 3. The Morgan fingerprint density at radius 2 is 1.64 bits per heavy atom. The monoisotopic (exact) mass is 387 g/mol. The van der Waals surface area contributed by atoms with Crippen LogP contribution in [0.25, 0.3) is 10.8 Å². The fourth-order valence-corrected chi connectivity index (χ4v) is 2.52. The summed E-state index contributed by atoms with van der Waals surface area (Å²) >= 11 is 0. The molecule has 0 unspecified atom stereocenters. The maximum Gasteiger partial charge on any atom is 0.387 e. The molecular weight excluding hydrogens is 372 g/mol. The van der Waals surface area contributed by atoms with Crippen molar-refractivity contribution in [1.29, 1.82) is 0 Å². The van der Waals surface area contributed by atoms with Gasteiger partial charge in [0.05, 0.1) is 0 Å². The van der Waals surface area contributed by atoms with Gasteiger partial charge in [-0.25, -0.2) is 4.79 Å². The van der Waals surface area contributed by atoms with Crippen molar-refractivity contribution in [3.05, 3.63) is 66.2 Å². The molecule has 2 N–H and O–H groups in total. The molecule has 0 radical (unpaired) electrons. The Labute approximate surface area is 158 Å². The molecule has 0 spiro atoms. The Kier molecular flexibility index (Phi) is 5.69. The molecule has 0 aliphatic rings. The number of rotatable bonds is 6. The number of amides is 1. The van der Waals surface area contributed by atoms with Gasteiger partial charge in [0.1, 0.15) is 17.1 Å². The van der Waals surface area contributed by atoms with Crippen molar-refractivity contribution in [2.75, 3.05) is 11.9 Å². The van der Waals surface area contributed by atoms with E-state index in [2.05, 4.69) is 10.1 Å². The lowest BCUT2D eigenvalue weighted by atomic mass is 10.1. The number of nitrogens with one attached hydrogen (secondary N) is 1. The topological polar surface area (TPSA) is 84.9 Å². The third kappa shape index (κ3) is 4.73. The zero-order valence-electron chi connectivity index (χ0n) is 14.4. The molecule has 0 bridgehead atoms. The molecule has 3 aromatic rings. The summed E-state index contributed by atoms with van der Waals surface area (Å²) in [6, 6.07) is 15.3. The maximum absolute atomic E-state index is 12.2. The number of halogens is 2. The van der Waals surface area contributed by atoms with Crippen LogP contribution in [0.3, 0.4) is 0 Å². The Bertz CT molecular complexity index is 1010. The average molecular weight is 387 g/mol. The standard InChI is InChI=1S/C20H15F2NO5/c21-20(22)28-15-7-5-14(6-8-15)23-18(25)11-27-19(26)16-9-12-3-1-2-4-13(12)10-17(16)24/h1-10,20,24H,11H2,(H,23,25). The predicted octanol–water partition coefficient (Wildman–Crippen LogP) is 3.94. The summed E-state index contributed by atoms with van der Waals surface area (Å²) in [6.45, 7) is -3.52. The fourth-order valence-electron chi connectivity index (χ4n) is 2.52. The second-order valence-electron chi connectivity index (χ2n) is 5.74. The fraction of sp³-hybridized carbons (Fsp3) is 0.100. The van der Waals surface area contributed by atoms with Gasteiger partial charge >= 0.3 is 12.6 Å². The number of carbonyl (C=O) groups is 2. The van der Waals surface area contributed by atoms with Gasteiger partial charge in [-0.1, -0.05) is 24.3 Å². The molecule has 0 atom stereocenters. The predicted molar refractivity (Wildman–Crippen MR) is 97.6 cm³/mol. The third-order valence-corrected chi connectivity index (χ3v) is 3.78. The molecule has 28 heavy (non-hydrogen) atoms. The number of hydrogen-bond acceptors (Lipinski definition) is 5. The van der Waals surface area contributed by atoms with Crippen LogP contribution >= 0.6 is 0 Å². The van der Waals surface area contributed by atoms with Gasteiger partial charge in [-0.3, -0.25) is 4.79 Å². The number of carbonyl (C=O) groups excluding carboxylic acids is 2. The van der Waals surface area contributed by atoms with Crippen molar-refractivity contribution in [2.45, 2.75) is 6.61 Å². The number of fused-ring (bicyclic) bond motifs is 1. The highest BCUT2D eigenvalue weighted by molar-refractivity contribution is 6.00. The largest absolute Gasteiger partial charge is 0.507 e. The zero-order chi connectivity index (χ0) is 20.1. The van der Waals surface area contributed by atoms with Crippen LogP contribution < -0.4 is 10.1 Å². The summed E-state index contributed by atoms with van der Waals surface area (Å²) in [5.74, 6) is -1.78. The molecular formula is C20H15F2NO5. The number of alkyl halides is 2. The Hall–Kier alpha value is -3.68. The first-order valence-corrected chi connectivity index (χ1v) is 8.16. The first-order chi connectivity index (χ1) is 13.4. The highest BCUT2D eigenvalue weighted by atomic mass is 19.3. The normalized spacial score (nSPS) is 10.7. The molecule has 0 saturated heterocycles. The van der Waals surface area contributed by atoms with Crippen molar-refractivity contribution >= 4 is 28.3 Å². The van der Waals surface area contributed by atoms with Crippen LogP contribution in [0.4, 0.5) is 14.5 Å². The molecule has 0 fully saturated rings. The average Bonchev–Trinajstić information content (AvgIpc) is 2.66.